The van der Waals surface area contributed by atoms with Crippen molar-refractivity contribution in [1.29, 1.82) is 0 Å². The number of carbonyl (C=O) groups is 1. The number of rotatable bonds is 11. The normalized spacial score (nSPS) is 33.3. The Morgan fingerprint density at radius 1 is 1.21 bits per heavy atom. The molecule has 1 fully saturated rings. The van der Waals surface area contributed by atoms with Crippen molar-refractivity contribution in [2.75, 3.05) is 6.61 Å². The maximum Gasteiger partial charge on any atom is 0.244 e. The summed E-state index contributed by atoms with van der Waals surface area (Å²) in [5.74, 6) is -1.73. The molecule has 184 valence electrons. The van der Waals surface area contributed by atoms with Crippen molar-refractivity contribution >= 4 is 17.5 Å². The summed E-state index contributed by atoms with van der Waals surface area (Å²) in [6.45, 7) is 4.42. The predicted octanol–water partition coefficient (Wildman–Crippen LogP) is 3.68. The zero-order valence-electron chi connectivity index (χ0n) is 19.6. The molecule has 1 aliphatic carbocycles. The second-order valence-electron chi connectivity index (χ2n) is 8.86. The smallest absolute Gasteiger partial charge is 0.244 e. The lowest BCUT2D eigenvalue weighted by Gasteiger charge is -2.52. The van der Waals surface area contributed by atoms with Crippen molar-refractivity contribution in [3.8, 4) is 0 Å². The van der Waals surface area contributed by atoms with Crippen molar-refractivity contribution in [2.24, 2.45) is 5.92 Å². The van der Waals surface area contributed by atoms with E-state index in [1.807, 2.05) is 12.2 Å². The molecule has 0 saturated carbocycles. The van der Waals surface area contributed by atoms with E-state index in [4.69, 9.17) is 16.3 Å². The third-order valence-corrected chi connectivity index (χ3v) is 6.53. The Morgan fingerprint density at radius 2 is 1.91 bits per heavy atom. The Morgan fingerprint density at radius 3 is 2.64 bits per heavy atom. The SMILES string of the molecule is CC[C@@H](C)/C=C/CCCC/C=C/C=C/C=CC(=O)N[C@@H]1CO[C@@]2(O)C=C[C@@H](Cl)[C@H](O)[C@@]2(O)C1. The van der Waals surface area contributed by atoms with Gasteiger partial charge in [-0.2, -0.15) is 0 Å². The zero-order chi connectivity index (χ0) is 24.3. The van der Waals surface area contributed by atoms with Crippen LogP contribution in [0.1, 0.15) is 52.4 Å². The minimum absolute atomic E-state index is 0.00556. The number of amides is 1. The molecular weight excluding hydrogens is 442 g/mol. The third-order valence-electron chi connectivity index (χ3n) is 6.14. The van der Waals surface area contributed by atoms with Gasteiger partial charge in [0.25, 0.3) is 0 Å². The predicted molar refractivity (Wildman–Crippen MR) is 132 cm³/mol. The molecule has 4 N–H and O–H groups in total. The standard InChI is InChI=1S/C26H38ClNO5/c1-3-20(2)14-12-10-8-6-4-5-7-9-11-13-15-23(29)28-21-18-25(31)24(30)22(27)16-17-26(25,32)33-19-21/h5,7,9,11-17,20-22,24,30-32H,3-4,6,8,10,18-19H2,1-2H3,(H,28,29)/b7-5+,11-9+,14-12+,15-13?/t20-,21+,22-,24+,25+,26+/m1/s1. The molecule has 0 aromatic rings. The van der Waals surface area contributed by atoms with Gasteiger partial charge < -0.3 is 25.4 Å². The number of hydrogen-bond donors (Lipinski definition) is 4. The molecule has 0 bridgehead atoms. The quantitative estimate of drug-likeness (QED) is 0.119. The molecule has 0 radical (unpaired) electrons. The number of ether oxygens (including phenoxy) is 1. The Bertz CT molecular complexity index is 777. The van der Waals surface area contributed by atoms with Crippen molar-refractivity contribution in [3.05, 3.63) is 60.8 Å². The molecule has 0 unspecified atom stereocenters. The molecule has 2 rings (SSSR count). The lowest BCUT2D eigenvalue weighted by Crippen LogP contribution is -2.71. The first-order valence-corrected chi connectivity index (χ1v) is 12.2. The van der Waals surface area contributed by atoms with Crippen LogP contribution in [0.3, 0.4) is 0 Å². The van der Waals surface area contributed by atoms with E-state index in [2.05, 4.69) is 37.4 Å². The molecule has 1 heterocycles. The number of aliphatic hydroxyl groups excluding tert-OH is 1. The summed E-state index contributed by atoms with van der Waals surface area (Å²) < 4.78 is 5.37. The number of fused-ring (bicyclic) bond motifs is 1. The largest absolute Gasteiger partial charge is 0.388 e. The molecule has 0 aromatic carbocycles. The van der Waals surface area contributed by atoms with E-state index < -0.39 is 28.9 Å². The lowest BCUT2D eigenvalue weighted by molar-refractivity contribution is -0.324. The number of halogens is 1. The van der Waals surface area contributed by atoms with Crippen LogP contribution in [0.2, 0.25) is 0 Å². The van der Waals surface area contributed by atoms with E-state index in [1.54, 1.807) is 12.2 Å². The van der Waals surface area contributed by atoms with Crippen LogP contribution in [0.15, 0.2) is 60.8 Å². The monoisotopic (exact) mass is 479 g/mol. The van der Waals surface area contributed by atoms with E-state index >= 15 is 0 Å². The topological polar surface area (TPSA) is 99.0 Å². The first kappa shape index (κ1) is 27.5. The number of carbonyl (C=O) groups excluding carboxylic acids is 1. The van der Waals surface area contributed by atoms with Crippen LogP contribution in [0.5, 0.6) is 0 Å². The van der Waals surface area contributed by atoms with E-state index in [-0.39, 0.29) is 18.9 Å². The Hall–Kier alpha value is -1.70. The highest BCUT2D eigenvalue weighted by atomic mass is 35.5. The van der Waals surface area contributed by atoms with Gasteiger partial charge in [0.1, 0.15) is 6.10 Å². The van der Waals surface area contributed by atoms with Gasteiger partial charge in [-0.1, -0.05) is 68.9 Å². The highest BCUT2D eigenvalue weighted by Crippen LogP contribution is 2.42. The Balaban J connectivity index is 1.68. The van der Waals surface area contributed by atoms with Crippen LogP contribution >= 0.6 is 11.6 Å². The number of unbranched alkanes of at least 4 members (excludes halogenated alkanes) is 3. The minimum Gasteiger partial charge on any atom is -0.388 e. The van der Waals surface area contributed by atoms with Crippen molar-refractivity contribution in [1.82, 2.24) is 5.32 Å². The molecule has 0 spiro atoms. The Labute approximate surface area is 202 Å². The summed E-state index contributed by atoms with van der Waals surface area (Å²) in [5.41, 5.74) is -2.01. The lowest BCUT2D eigenvalue weighted by atomic mass is 9.75. The number of allylic oxidation sites excluding steroid dienone is 7. The summed E-state index contributed by atoms with van der Waals surface area (Å²) in [6, 6.07) is -0.582. The summed E-state index contributed by atoms with van der Waals surface area (Å²) in [5, 5.41) is 33.5. The summed E-state index contributed by atoms with van der Waals surface area (Å²) in [7, 11) is 0. The van der Waals surface area contributed by atoms with E-state index in [9.17, 15) is 20.1 Å². The van der Waals surface area contributed by atoms with Crippen LogP contribution in [0.4, 0.5) is 0 Å². The summed E-state index contributed by atoms with van der Waals surface area (Å²) >= 11 is 5.99. The Kier molecular flexibility index (Phi) is 11.1. The van der Waals surface area contributed by atoms with Gasteiger partial charge >= 0.3 is 0 Å². The zero-order valence-corrected chi connectivity index (χ0v) is 20.3. The van der Waals surface area contributed by atoms with Crippen molar-refractivity contribution < 1.29 is 24.9 Å². The first-order chi connectivity index (χ1) is 15.7. The average molecular weight is 480 g/mol. The number of hydrogen-bond acceptors (Lipinski definition) is 5. The van der Waals surface area contributed by atoms with Gasteiger partial charge in [0.15, 0.2) is 5.60 Å². The molecular formula is C26H38ClNO5. The summed E-state index contributed by atoms with van der Waals surface area (Å²) in [6.07, 6.45) is 22.0. The van der Waals surface area contributed by atoms with Gasteiger partial charge in [-0.25, -0.2) is 0 Å². The fraction of sp³-hybridized carbons (Fsp3) is 0.577. The maximum absolute atomic E-state index is 12.2. The van der Waals surface area contributed by atoms with Crippen LogP contribution in [-0.2, 0) is 9.53 Å². The fourth-order valence-electron chi connectivity index (χ4n) is 3.83. The van der Waals surface area contributed by atoms with E-state index in [0.717, 1.165) is 19.3 Å². The van der Waals surface area contributed by atoms with Gasteiger partial charge in [0, 0.05) is 12.5 Å². The van der Waals surface area contributed by atoms with Crippen LogP contribution < -0.4 is 5.32 Å². The molecule has 2 aliphatic rings. The van der Waals surface area contributed by atoms with Crippen LogP contribution in [0.25, 0.3) is 0 Å². The van der Waals surface area contributed by atoms with Gasteiger partial charge in [-0.3, -0.25) is 4.79 Å². The van der Waals surface area contributed by atoms with Crippen LogP contribution in [-0.4, -0.2) is 56.7 Å². The molecule has 6 atom stereocenters. The van der Waals surface area contributed by atoms with Gasteiger partial charge in [-0.05, 0) is 37.7 Å². The molecule has 1 amide bonds. The van der Waals surface area contributed by atoms with E-state index in [1.165, 1.54) is 31.1 Å². The summed E-state index contributed by atoms with van der Waals surface area (Å²) in [4.78, 5) is 12.2. The van der Waals surface area contributed by atoms with E-state index in [0.29, 0.717) is 5.92 Å². The second-order valence-corrected chi connectivity index (χ2v) is 9.36. The first-order valence-electron chi connectivity index (χ1n) is 11.8. The fourth-order valence-corrected chi connectivity index (χ4v) is 4.11. The van der Waals surface area contributed by atoms with Gasteiger partial charge in [0.05, 0.1) is 18.0 Å². The highest BCUT2D eigenvalue weighted by molar-refractivity contribution is 6.22. The third kappa shape index (κ3) is 7.94. The average Bonchev–Trinajstić information content (AvgIpc) is 2.79. The number of aliphatic hydroxyl groups is 3. The molecule has 6 nitrogen and oxygen atoms in total. The van der Waals surface area contributed by atoms with Crippen LogP contribution in [0, 0.1) is 5.92 Å². The minimum atomic E-state index is -2.03. The number of nitrogens with one attached hydrogen (secondary N) is 1. The van der Waals surface area contributed by atoms with Gasteiger partial charge in [0.2, 0.25) is 11.7 Å². The van der Waals surface area contributed by atoms with Gasteiger partial charge in [-0.15, -0.1) is 11.6 Å². The van der Waals surface area contributed by atoms with Crippen molar-refractivity contribution in [3.63, 3.8) is 0 Å². The number of alkyl halides is 1. The molecule has 1 saturated heterocycles. The highest BCUT2D eigenvalue weighted by Gasteiger charge is 2.61. The molecule has 7 heteroatoms. The van der Waals surface area contributed by atoms with Crippen molar-refractivity contribution in [2.45, 2.75) is 81.3 Å². The maximum atomic E-state index is 12.2. The molecule has 1 aliphatic heterocycles. The molecule has 0 aromatic heterocycles. The second kappa shape index (κ2) is 13.3. The molecule has 33 heavy (non-hydrogen) atoms.